The summed E-state index contributed by atoms with van der Waals surface area (Å²) < 4.78 is 17.5. The summed E-state index contributed by atoms with van der Waals surface area (Å²) in [4.78, 5) is 0. The van der Waals surface area contributed by atoms with Crippen molar-refractivity contribution >= 4 is 8.32 Å². The number of rotatable bonds is 4. The summed E-state index contributed by atoms with van der Waals surface area (Å²) in [5.74, 6) is -0.0775. The second-order valence-corrected chi connectivity index (χ2v) is 12.8. The van der Waals surface area contributed by atoms with E-state index < -0.39 is 20.0 Å². The van der Waals surface area contributed by atoms with Crippen molar-refractivity contribution in [2.75, 3.05) is 20.0 Å². The molecule has 21 heavy (non-hydrogen) atoms. The zero-order valence-corrected chi connectivity index (χ0v) is 15.0. The fourth-order valence-electron chi connectivity index (χ4n) is 3.06. The largest absolute Gasteiger partial charge is 0.416 e. The molecule has 0 aromatic rings. The molecule has 1 aliphatic carbocycles. The van der Waals surface area contributed by atoms with E-state index in [9.17, 15) is 10.2 Å². The molecule has 0 radical (unpaired) electrons. The summed E-state index contributed by atoms with van der Waals surface area (Å²) in [5.41, 5.74) is -1.23. The molecule has 0 spiro atoms. The third-order valence-corrected chi connectivity index (χ3v) is 10.3. The van der Waals surface area contributed by atoms with Crippen LogP contribution in [0.1, 0.15) is 27.7 Å². The fourth-order valence-corrected chi connectivity index (χ4v) is 4.10. The van der Waals surface area contributed by atoms with Crippen LogP contribution in [0.25, 0.3) is 0 Å². The number of hydrogen-bond donors (Lipinski definition) is 2. The third kappa shape index (κ3) is 2.82. The van der Waals surface area contributed by atoms with Gasteiger partial charge in [-0.15, -0.1) is 0 Å². The molecule has 5 atom stereocenters. The van der Waals surface area contributed by atoms with Crippen LogP contribution < -0.4 is 0 Å². The molecule has 5 nitrogen and oxygen atoms in total. The lowest BCUT2D eigenvalue weighted by molar-refractivity contribution is -0.128. The average Bonchev–Trinajstić information content (AvgIpc) is 2.91. The Bertz CT molecular complexity index is 379. The van der Waals surface area contributed by atoms with Crippen LogP contribution in [0.4, 0.5) is 0 Å². The molecule has 0 aromatic heterocycles. The van der Waals surface area contributed by atoms with E-state index in [4.69, 9.17) is 13.9 Å². The topological polar surface area (TPSA) is 68.2 Å². The summed E-state index contributed by atoms with van der Waals surface area (Å²) >= 11 is 0. The van der Waals surface area contributed by atoms with E-state index in [2.05, 4.69) is 33.9 Å². The molecule has 2 rings (SSSR count). The first-order chi connectivity index (χ1) is 9.54. The van der Waals surface area contributed by atoms with Crippen molar-refractivity contribution in [3.05, 3.63) is 0 Å². The monoisotopic (exact) mass is 318 g/mol. The van der Waals surface area contributed by atoms with E-state index in [1.807, 2.05) is 6.92 Å². The highest BCUT2D eigenvalue weighted by Crippen LogP contribution is 2.47. The molecule has 1 saturated carbocycles. The molecule has 124 valence electrons. The van der Waals surface area contributed by atoms with Gasteiger partial charge < -0.3 is 24.1 Å². The highest BCUT2D eigenvalue weighted by atomic mass is 28.4. The zero-order valence-electron chi connectivity index (χ0n) is 14.0. The van der Waals surface area contributed by atoms with Crippen LogP contribution in [-0.2, 0) is 13.9 Å². The van der Waals surface area contributed by atoms with E-state index in [1.165, 1.54) is 0 Å². The Morgan fingerprint density at radius 3 is 2.43 bits per heavy atom. The first-order valence-corrected chi connectivity index (χ1v) is 10.7. The minimum atomic E-state index is -1.84. The first-order valence-electron chi connectivity index (χ1n) is 7.75. The van der Waals surface area contributed by atoms with Crippen LogP contribution in [0.15, 0.2) is 0 Å². The van der Waals surface area contributed by atoms with E-state index in [0.717, 1.165) is 0 Å². The quantitative estimate of drug-likeness (QED) is 0.773. The molecule has 1 saturated heterocycles. The van der Waals surface area contributed by atoms with Gasteiger partial charge in [-0.3, -0.25) is 0 Å². The third-order valence-electron chi connectivity index (χ3n) is 5.85. The predicted octanol–water partition coefficient (Wildman–Crippen LogP) is 1.74. The average molecular weight is 318 g/mol. The van der Waals surface area contributed by atoms with E-state index in [0.29, 0.717) is 6.61 Å². The molecule has 2 aliphatic rings. The first kappa shape index (κ1) is 17.4. The molecule has 6 heteroatoms. The summed E-state index contributed by atoms with van der Waals surface area (Å²) in [6.07, 6.45) is -0.646. The van der Waals surface area contributed by atoms with Crippen molar-refractivity contribution in [2.24, 2.45) is 11.8 Å². The standard InChI is InChI=1S/C15H30O5Si/c1-10-11(7-20-21(5,6)14(2,3)4)12-13(19-9-18-12)15(10,17)8-16/h10-13,16-17H,7-9H2,1-6H3/t10-,11-,12?,13?,15+/m0/s1. The zero-order chi connectivity index (χ0) is 16.1. The summed E-state index contributed by atoms with van der Waals surface area (Å²) in [6, 6.07) is 0. The number of fused-ring (bicyclic) bond motifs is 1. The van der Waals surface area contributed by atoms with Gasteiger partial charge in [0.2, 0.25) is 0 Å². The molecular formula is C15H30O5Si. The Morgan fingerprint density at radius 1 is 1.29 bits per heavy atom. The van der Waals surface area contributed by atoms with Crippen LogP contribution in [0.5, 0.6) is 0 Å². The van der Waals surface area contributed by atoms with Crippen LogP contribution in [-0.4, -0.2) is 56.3 Å². The second-order valence-electron chi connectivity index (χ2n) is 8.01. The molecule has 0 bridgehead atoms. The maximum Gasteiger partial charge on any atom is 0.191 e. The Kier molecular flexibility index (Phi) is 4.62. The number of ether oxygens (including phenoxy) is 2. The van der Waals surface area contributed by atoms with Crippen LogP contribution in [0.2, 0.25) is 18.1 Å². The van der Waals surface area contributed by atoms with E-state index in [-0.39, 0.29) is 36.4 Å². The molecule has 2 N–H and O–H groups in total. The van der Waals surface area contributed by atoms with Gasteiger partial charge in [-0.05, 0) is 24.1 Å². The van der Waals surface area contributed by atoms with Crippen molar-refractivity contribution < 1.29 is 24.1 Å². The smallest absolute Gasteiger partial charge is 0.191 e. The summed E-state index contributed by atoms with van der Waals surface area (Å²) in [6.45, 7) is 13.4. The number of aliphatic hydroxyl groups excluding tert-OH is 1. The summed E-state index contributed by atoms with van der Waals surface area (Å²) in [7, 11) is -1.84. The molecule has 1 aliphatic heterocycles. The highest BCUT2D eigenvalue weighted by molar-refractivity contribution is 6.74. The lowest BCUT2D eigenvalue weighted by Gasteiger charge is -2.38. The molecular weight excluding hydrogens is 288 g/mol. The summed E-state index contributed by atoms with van der Waals surface area (Å²) in [5, 5.41) is 20.4. The maximum absolute atomic E-state index is 10.7. The van der Waals surface area contributed by atoms with Gasteiger partial charge in [-0.25, -0.2) is 0 Å². The molecule has 2 unspecified atom stereocenters. The number of hydrogen-bond acceptors (Lipinski definition) is 5. The van der Waals surface area contributed by atoms with Gasteiger partial charge in [0.25, 0.3) is 0 Å². The second kappa shape index (κ2) is 5.58. The fraction of sp³-hybridized carbons (Fsp3) is 1.00. The van der Waals surface area contributed by atoms with Crippen molar-refractivity contribution in [1.82, 2.24) is 0 Å². The molecule has 0 amide bonds. The van der Waals surface area contributed by atoms with Crippen molar-refractivity contribution in [1.29, 1.82) is 0 Å². The van der Waals surface area contributed by atoms with Gasteiger partial charge in [0, 0.05) is 12.5 Å². The predicted molar refractivity (Wildman–Crippen MR) is 82.5 cm³/mol. The number of aliphatic hydroxyl groups is 2. The van der Waals surface area contributed by atoms with Gasteiger partial charge in [-0.1, -0.05) is 27.7 Å². The molecule has 2 fully saturated rings. The van der Waals surface area contributed by atoms with Gasteiger partial charge in [0.15, 0.2) is 8.32 Å². The van der Waals surface area contributed by atoms with Crippen LogP contribution >= 0.6 is 0 Å². The van der Waals surface area contributed by atoms with Crippen molar-refractivity contribution in [2.45, 2.75) is 63.6 Å². The Hall–Kier alpha value is 0.0169. The molecule has 0 aromatic carbocycles. The van der Waals surface area contributed by atoms with Gasteiger partial charge in [0.05, 0.1) is 12.7 Å². The lowest BCUT2D eigenvalue weighted by atomic mass is 9.87. The van der Waals surface area contributed by atoms with Crippen LogP contribution in [0, 0.1) is 11.8 Å². The Balaban J connectivity index is 2.10. The minimum absolute atomic E-state index is 0.0452. The van der Waals surface area contributed by atoms with Crippen LogP contribution in [0.3, 0.4) is 0 Å². The Morgan fingerprint density at radius 2 is 1.90 bits per heavy atom. The van der Waals surface area contributed by atoms with Gasteiger partial charge in [0.1, 0.15) is 18.5 Å². The van der Waals surface area contributed by atoms with Crippen molar-refractivity contribution in [3.8, 4) is 0 Å². The van der Waals surface area contributed by atoms with Gasteiger partial charge in [-0.2, -0.15) is 0 Å². The SMILES string of the molecule is C[C@H]1[C@H](CO[Si](C)(C)C(C)(C)C)C2OCOC2[C@@]1(O)CO. The highest BCUT2D eigenvalue weighted by Gasteiger charge is 2.61. The van der Waals surface area contributed by atoms with Crippen molar-refractivity contribution in [3.63, 3.8) is 0 Å². The van der Waals surface area contributed by atoms with E-state index >= 15 is 0 Å². The minimum Gasteiger partial charge on any atom is -0.416 e. The maximum atomic E-state index is 10.7. The van der Waals surface area contributed by atoms with Gasteiger partial charge >= 0.3 is 0 Å². The normalized spacial score (nSPS) is 40.6. The Labute approximate surface area is 128 Å². The lowest BCUT2D eigenvalue weighted by Crippen LogP contribution is -2.48. The molecule has 1 heterocycles. The van der Waals surface area contributed by atoms with E-state index in [1.54, 1.807) is 0 Å².